The number of hydrogen-bond donors (Lipinski definition) is 0. The van der Waals surface area contributed by atoms with Gasteiger partial charge in [0.1, 0.15) is 6.61 Å². The van der Waals surface area contributed by atoms with Crippen LogP contribution in [0.5, 0.6) is 0 Å². The van der Waals surface area contributed by atoms with Crippen molar-refractivity contribution in [2.24, 2.45) is 0 Å². The molecule has 1 aliphatic rings. The van der Waals surface area contributed by atoms with Gasteiger partial charge in [0.15, 0.2) is 6.10 Å². The van der Waals surface area contributed by atoms with E-state index in [1.807, 2.05) is 6.92 Å². The van der Waals surface area contributed by atoms with Crippen LogP contribution in [0.3, 0.4) is 0 Å². The fourth-order valence-corrected chi connectivity index (χ4v) is 2.33. The molecule has 0 spiro atoms. The van der Waals surface area contributed by atoms with E-state index in [1.165, 1.54) is 25.7 Å². The maximum Gasteiger partial charge on any atom is 0.304 e. The highest BCUT2D eigenvalue weighted by Gasteiger charge is 2.47. The molecule has 124 valence electrons. The molecular formula is C14H21NO7. The third kappa shape index (κ3) is 4.71. The summed E-state index contributed by atoms with van der Waals surface area (Å²) in [6, 6.07) is -0.457. The second-order valence-electron chi connectivity index (χ2n) is 5.02. The summed E-state index contributed by atoms with van der Waals surface area (Å²) in [5, 5.41) is 0. The van der Waals surface area contributed by atoms with Gasteiger partial charge in [-0.1, -0.05) is 6.92 Å². The van der Waals surface area contributed by atoms with Crippen molar-refractivity contribution in [2.75, 3.05) is 6.61 Å². The lowest BCUT2D eigenvalue weighted by Crippen LogP contribution is -2.49. The fourth-order valence-electron chi connectivity index (χ4n) is 2.33. The van der Waals surface area contributed by atoms with E-state index in [2.05, 4.69) is 0 Å². The van der Waals surface area contributed by atoms with Gasteiger partial charge in [-0.2, -0.15) is 0 Å². The Morgan fingerprint density at radius 1 is 1.14 bits per heavy atom. The monoisotopic (exact) mass is 315 g/mol. The van der Waals surface area contributed by atoms with Gasteiger partial charge in [-0.3, -0.25) is 24.1 Å². The normalized spacial score (nSPS) is 22.2. The smallest absolute Gasteiger partial charge is 0.304 e. The molecule has 0 aliphatic carbocycles. The van der Waals surface area contributed by atoms with Crippen molar-refractivity contribution in [2.45, 2.75) is 58.9 Å². The Bertz CT molecular complexity index is 462. The quantitative estimate of drug-likeness (QED) is 0.516. The van der Waals surface area contributed by atoms with Gasteiger partial charge in [0, 0.05) is 20.8 Å². The van der Waals surface area contributed by atoms with Crippen LogP contribution in [0.4, 0.5) is 0 Å². The van der Waals surface area contributed by atoms with Crippen molar-refractivity contribution in [1.29, 1.82) is 0 Å². The molecule has 1 rings (SSSR count). The maximum atomic E-state index is 12.2. The van der Waals surface area contributed by atoms with Crippen LogP contribution in [0.25, 0.3) is 0 Å². The Labute approximate surface area is 128 Å². The second-order valence-corrected chi connectivity index (χ2v) is 5.02. The van der Waals surface area contributed by atoms with Crippen LogP contribution in [0.1, 0.15) is 40.5 Å². The van der Waals surface area contributed by atoms with E-state index < -0.39 is 36.3 Å². The van der Waals surface area contributed by atoms with Crippen molar-refractivity contribution in [1.82, 2.24) is 4.90 Å². The predicted molar refractivity (Wildman–Crippen MR) is 73.3 cm³/mol. The predicted octanol–water partition coefficient (Wildman–Crippen LogP) is 0.381. The minimum absolute atomic E-state index is 0.0118. The molecule has 0 aromatic heterocycles. The summed E-state index contributed by atoms with van der Waals surface area (Å²) in [5.41, 5.74) is 0. The number of ether oxygens (including phenoxy) is 3. The van der Waals surface area contributed by atoms with E-state index in [0.717, 1.165) is 0 Å². The van der Waals surface area contributed by atoms with E-state index in [1.54, 1.807) is 0 Å². The molecule has 0 bridgehead atoms. The molecule has 8 nitrogen and oxygen atoms in total. The standard InChI is InChI=1S/C14H21NO7/c1-5-11(7-20-8(2)16)15-13(19)6-12(21-9(3)17)14(15)22-10(4)18/h11-12,14H,5-7H2,1-4H3/t11?,12-,14-/m0/s1. The fraction of sp³-hybridized carbons (Fsp3) is 0.714. The molecule has 3 atom stereocenters. The van der Waals surface area contributed by atoms with Crippen molar-refractivity contribution in [3.05, 3.63) is 0 Å². The number of hydrogen-bond acceptors (Lipinski definition) is 7. The Morgan fingerprint density at radius 3 is 2.18 bits per heavy atom. The lowest BCUT2D eigenvalue weighted by Gasteiger charge is -2.32. The summed E-state index contributed by atoms with van der Waals surface area (Å²) >= 11 is 0. The summed E-state index contributed by atoms with van der Waals surface area (Å²) in [6.07, 6.45) is -1.45. The molecule has 0 N–H and O–H groups in total. The third-order valence-electron chi connectivity index (χ3n) is 3.20. The van der Waals surface area contributed by atoms with E-state index in [4.69, 9.17) is 14.2 Å². The number of carbonyl (C=O) groups is 4. The molecular weight excluding hydrogens is 294 g/mol. The molecule has 1 saturated heterocycles. The molecule has 1 heterocycles. The molecule has 1 unspecified atom stereocenters. The topological polar surface area (TPSA) is 99.2 Å². The largest absolute Gasteiger partial charge is 0.464 e. The van der Waals surface area contributed by atoms with Crippen LogP contribution in [-0.4, -0.2) is 53.7 Å². The number of esters is 3. The van der Waals surface area contributed by atoms with Crippen LogP contribution in [0, 0.1) is 0 Å². The molecule has 0 saturated carbocycles. The molecule has 8 heteroatoms. The zero-order chi connectivity index (χ0) is 16.9. The molecule has 0 aromatic rings. The van der Waals surface area contributed by atoms with Gasteiger partial charge in [0.05, 0.1) is 12.5 Å². The average Bonchev–Trinajstić information content (AvgIpc) is 2.66. The van der Waals surface area contributed by atoms with Gasteiger partial charge in [-0.15, -0.1) is 0 Å². The van der Waals surface area contributed by atoms with Crippen molar-refractivity contribution in [3.63, 3.8) is 0 Å². The molecule has 0 aromatic carbocycles. The number of nitrogens with zero attached hydrogens (tertiary/aromatic N) is 1. The van der Waals surface area contributed by atoms with Gasteiger partial charge in [0.2, 0.25) is 12.1 Å². The van der Waals surface area contributed by atoms with Crippen LogP contribution in [0.2, 0.25) is 0 Å². The molecule has 0 radical (unpaired) electrons. The lowest BCUT2D eigenvalue weighted by atomic mass is 10.2. The highest BCUT2D eigenvalue weighted by molar-refractivity contribution is 5.81. The van der Waals surface area contributed by atoms with Crippen molar-refractivity contribution >= 4 is 23.8 Å². The maximum absolute atomic E-state index is 12.2. The van der Waals surface area contributed by atoms with Gasteiger partial charge in [0.25, 0.3) is 0 Å². The van der Waals surface area contributed by atoms with Crippen LogP contribution < -0.4 is 0 Å². The van der Waals surface area contributed by atoms with Crippen molar-refractivity contribution in [3.8, 4) is 0 Å². The van der Waals surface area contributed by atoms with E-state index in [-0.39, 0.29) is 18.9 Å². The molecule has 22 heavy (non-hydrogen) atoms. The minimum Gasteiger partial charge on any atom is -0.464 e. The zero-order valence-corrected chi connectivity index (χ0v) is 13.2. The number of carbonyl (C=O) groups excluding carboxylic acids is 4. The van der Waals surface area contributed by atoms with Crippen LogP contribution in [-0.2, 0) is 33.4 Å². The highest BCUT2D eigenvalue weighted by Crippen LogP contribution is 2.27. The van der Waals surface area contributed by atoms with E-state index in [0.29, 0.717) is 6.42 Å². The number of rotatable bonds is 6. The van der Waals surface area contributed by atoms with Gasteiger partial charge >= 0.3 is 17.9 Å². The Kier molecular flexibility index (Phi) is 6.33. The van der Waals surface area contributed by atoms with Gasteiger partial charge in [-0.25, -0.2) is 0 Å². The summed E-state index contributed by atoms with van der Waals surface area (Å²) in [4.78, 5) is 46.9. The van der Waals surface area contributed by atoms with Gasteiger partial charge in [-0.05, 0) is 6.42 Å². The summed E-state index contributed by atoms with van der Waals surface area (Å²) in [7, 11) is 0. The highest BCUT2D eigenvalue weighted by atomic mass is 16.6. The first-order valence-corrected chi connectivity index (χ1v) is 7.05. The van der Waals surface area contributed by atoms with Crippen LogP contribution in [0.15, 0.2) is 0 Å². The first-order valence-electron chi connectivity index (χ1n) is 7.05. The Hall–Kier alpha value is -2.12. The summed E-state index contributed by atoms with van der Waals surface area (Å²) < 4.78 is 15.1. The number of amides is 1. The summed E-state index contributed by atoms with van der Waals surface area (Å²) in [5.74, 6) is -1.95. The van der Waals surface area contributed by atoms with Crippen LogP contribution >= 0.6 is 0 Å². The number of likely N-dealkylation sites (tertiary alicyclic amines) is 1. The lowest BCUT2D eigenvalue weighted by molar-refractivity contribution is -0.178. The minimum atomic E-state index is -1.01. The average molecular weight is 315 g/mol. The summed E-state index contributed by atoms with van der Waals surface area (Å²) in [6.45, 7) is 5.49. The Balaban J connectivity index is 2.95. The Morgan fingerprint density at radius 2 is 1.73 bits per heavy atom. The third-order valence-corrected chi connectivity index (χ3v) is 3.20. The zero-order valence-electron chi connectivity index (χ0n) is 13.2. The van der Waals surface area contributed by atoms with E-state index in [9.17, 15) is 19.2 Å². The SMILES string of the molecule is CCC(COC(C)=O)N1C(=O)C[C@H](OC(C)=O)[C@@H]1OC(C)=O. The molecule has 1 aliphatic heterocycles. The first kappa shape index (κ1) is 17.9. The van der Waals surface area contributed by atoms with Crippen molar-refractivity contribution < 1.29 is 33.4 Å². The van der Waals surface area contributed by atoms with Gasteiger partial charge < -0.3 is 14.2 Å². The molecule has 1 fully saturated rings. The van der Waals surface area contributed by atoms with E-state index >= 15 is 0 Å². The molecule has 1 amide bonds. The second kappa shape index (κ2) is 7.77. The first-order chi connectivity index (χ1) is 10.3.